The van der Waals surface area contributed by atoms with Crippen LogP contribution in [0.15, 0.2) is 18.2 Å². The normalized spacial score (nSPS) is 14.3. The maximum Gasteiger partial charge on any atom is 0.116 e. The van der Waals surface area contributed by atoms with Gasteiger partial charge in [0.1, 0.15) is 5.75 Å². The lowest BCUT2D eigenvalue weighted by Gasteiger charge is -1.99. The van der Waals surface area contributed by atoms with Crippen molar-refractivity contribution in [3.05, 3.63) is 28.6 Å². The van der Waals surface area contributed by atoms with Crippen LogP contribution in [-0.2, 0) is 0 Å². The molecule has 0 saturated heterocycles. The van der Waals surface area contributed by atoms with Gasteiger partial charge < -0.3 is 5.11 Å². The first-order valence-corrected chi connectivity index (χ1v) is 5.52. The van der Waals surface area contributed by atoms with Crippen molar-refractivity contribution in [2.75, 3.05) is 0 Å². The van der Waals surface area contributed by atoms with E-state index in [2.05, 4.69) is 39.8 Å². The van der Waals surface area contributed by atoms with Crippen molar-refractivity contribution in [2.45, 2.75) is 27.7 Å². The van der Waals surface area contributed by atoms with Crippen LogP contribution < -0.4 is 10.4 Å². The van der Waals surface area contributed by atoms with E-state index in [1.54, 1.807) is 6.07 Å². The summed E-state index contributed by atoms with van der Waals surface area (Å²) >= 11 is 0. The fourth-order valence-electron chi connectivity index (χ4n) is 1.58. The standard InChI is InChI=1S/C14H20O/c1-10(2)7-12-5-6-14(15)9-13(12)8-11(3)4/h5-11,15H,1-4H3/b12-7-,13-8-. The number of hydrogen-bond acceptors (Lipinski definition) is 1. The molecular weight excluding hydrogens is 184 g/mol. The van der Waals surface area contributed by atoms with E-state index in [0.717, 1.165) is 5.22 Å². The molecule has 1 nitrogen and oxygen atoms in total. The Morgan fingerprint density at radius 3 is 2.00 bits per heavy atom. The number of phenols is 1. The molecule has 82 valence electrons. The molecule has 15 heavy (non-hydrogen) atoms. The predicted octanol–water partition coefficient (Wildman–Crippen LogP) is 2.27. The molecule has 0 unspecified atom stereocenters. The molecule has 0 fully saturated rings. The fraction of sp³-hybridized carbons (Fsp3) is 0.429. The zero-order valence-electron chi connectivity index (χ0n) is 9.99. The van der Waals surface area contributed by atoms with Crippen molar-refractivity contribution in [1.82, 2.24) is 0 Å². The van der Waals surface area contributed by atoms with E-state index in [1.807, 2.05) is 12.1 Å². The quantitative estimate of drug-likeness (QED) is 0.783. The fourth-order valence-corrected chi connectivity index (χ4v) is 1.58. The third kappa shape index (κ3) is 3.78. The minimum atomic E-state index is 0.336. The third-order valence-corrected chi connectivity index (χ3v) is 2.10. The SMILES string of the molecule is CC(C)/C=c1/ccc(O)c/c1=C/C(C)C. The van der Waals surface area contributed by atoms with Crippen molar-refractivity contribution in [3.63, 3.8) is 0 Å². The lowest BCUT2D eigenvalue weighted by molar-refractivity contribution is 0.474. The largest absolute Gasteiger partial charge is 0.508 e. The van der Waals surface area contributed by atoms with Gasteiger partial charge in [0.05, 0.1) is 0 Å². The minimum Gasteiger partial charge on any atom is -0.508 e. The Labute approximate surface area is 91.8 Å². The second-order valence-corrected chi connectivity index (χ2v) is 4.63. The first-order valence-electron chi connectivity index (χ1n) is 5.52. The maximum absolute atomic E-state index is 9.45. The van der Waals surface area contributed by atoms with Gasteiger partial charge in [0, 0.05) is 0 Å². The van der Waals surface area contributed by atoms with Crippen LogP contribution in [0.25, 0.3) is 12.2 Å². The van der Waals surface area contributed by atoms with Gasteiger partial charge in [0.25, 0.3) is 0 Å². The van der Waals surface area contributed by atoms with Gasteiger partial charge in [0.2, 0.25) is 0 Å². The minimum absolute atomic E-state index is 0.336. The number of hydrogen-bond donors (Lipinski definition) is 1. The Balaban J connectivity index is 3.40. The van der Waals surface area contributed by atoms with Gasteiger partial charge in [-0.3, -0.25) is 0 Å². The van der Waals surface area contributed by atoms with Crippen molar-refractivity contribution in [3.8, 4) is 5.75 Å². The molecule has 0 aliphatic heterocycles. The Bertz CT molecular complexity index is 427. The summed E-state index contributed by atoms with van der Waals surface area (Å²) in [6.07, 6.45) is 4.39. The molecule has 0 aliphatic rings. The van der Waals surface area contributed by atoms with Crippen molar-refractivity contribution in [2.24, 2.45) is 11.8 Å². The molecule has 1 aromatic carbocycles. The topological polar surface area (TPSA) is 20.2 Å². The molecule has 0 radical (unpaired) electrons. The van der Waals surface area contributed by atoms with Crippen LogP contribution in [0.2, 0.25) is 0 Å². The molecule has 0 heterocycles. The second kappa shape index (κ2) is 5.01. The van der Waals surface area contributed by atoms with Gasteiger partial charge in [-0.05, 0) is 34.4 Å². The molecule has 0 saturated carbocycles. The van der Waals surface area contributed by atoms with E-state index in [9.17, 15) is 5.11 Å². The first kappa shape index (κ1) is 11.8. The van der Waals surface area contributed by atoms with Crippen LogP contribution in [0, 0.1) is 11.8 Å². The van der Waals surface area contributed by atoms with Gasteiger partial charge in [0.15, 0.2) is 0 Å². The molecule has 1 N–H and O–H groups in total. The Kier molecular flexibility index (Phi) is 3.96. The van der Waals surface area contributed by atoms with Crippen LogP contribution >= 0.6 is 0 Å². The highest BCUT2D eigenvalue weighted by molar-refractivity contribution is 5.37. The average molecular weight is 204 g/mol. The smallest absolute Gasteiger partial charge is 0.116 e. The number of phenolic OH excluding ortho intramolecular Hbond substituents is 1. The molecule has 0 amide bonds. The van der Waals surface area contributed by atoms with Gasteiger partial charge in [-0.25, -0.2) is 0 Å². The number of rotatable bonds is 2. The van der Waals surface area contributed by atoms with Crippen molar-refractivity contribution < 1.29 is 5.11 Å². The Hall–Kier alpha value is -1.24. The summed E-state index contributed by atoms with van der Waals surface area (Å²) in [6.45, 7) is 8.60. The lowest BCUT2D eigenvalue weighted by atomic mass is 10.1. The Morgan fingerprint density at radius 2 is 1.47 bits per heavy atom. The predicted molar refractivity (Wildman–Crippen MR) is 66.0 cm³/mol. The van der Waals surface area contributed by atoms with Crippen LogP contribution in [0.5, 0.6) is 5.75 Å². The molecular formula is C14H20O. The van der Waals surface area contributed by atoms with Gasteiger partial charge in [-0.1, -0.05) is 45.9 Å². The molecule has 1 rings (SSSR count). The summed E-state index contributed by atoms with van der Waals surface area (Å²) in [5.41, 5.74) is 0. The highest BCUT2D eigenvalue weighted by atomic mass is 16.3. The molecule has 0 spiro atoms. The van der Waals surface area contributed by atoms with E-state index >= 15 is 0 Å². The maximum atomic E-state index is 9.45. The van der Waals surface area contributed by atoms with E-state index < -0.39 is 0 Å². The second-order valence-electron chi connectivity index (χ2n) is 4.63. The Morgan fingerprint density at radius 1 is 0.933 bits per heavy atom. The highest BCUT2D eigenvalue weighted by Gasteiger charge is 1.93. The summed E-state index contributed by atoms with van der Waals surface area (Å²) in [7, 11) is 0. The highest BCUT2D eigenvalue weighted by Crippen LogP contribution is 2.01. The zero-order chi connectivity index (χ0) is 11.4. The van der Waals surface area contributed by atoms with E-state index in [4.69, 9.17) is 0 Å². The monoisotopic (exact) mass is 204 g/mol. The van der Waals surface area contributed by atoms with Crippen molar-refractivity contribution in [1.29, 1.82) is 0 Å². The van der Waals surface area contributed by atoms with E-state index in [-0.39, 0.29) is 0 Å². The van der Waals surface area contributed by atoms with Crippen LogP contribution in [-0.4, -0.2) is 5.11 Å². The van der Waals surface area contributed by atoms with Gasteiger partial charge >= 0.3 is 0 Å². The summed E-state index contributed by atoms with van der Waals surface area (Å²) in [5, 5.41) is 11.8. The summed E-state index contributed by atoms with van der Waals surface area (Å²) in [5.74, 6) is 1.35. The molecule has 0 aliphatic carbocycles. The zero-order valence-corrected chi connectivity index (χ0v) is 9.99. The van der Waals surface area contributed by atoms with Crippen molar-refractivity contribution >= 4 is 12.2 Å². The first-order chi connectivity index (χ1) is 6.99. The molecule has 0 bridgehead atoms. The van der Waals surface area contributed by atoms with Crippen LogP contribution in [0.4, 0.5) is 0 Å². The van der Waals surface area contributed by atoms with Crippen LogP contribution in [0.3, 0.4) is 0 Å². The van der Waals surface area contributed by atoms with Crippen LogP contribution in [0.1, 0.15) is 27.7 Å². The van der Waals surface area contributed by atoms with E-state index in [0.29, 0.717) is 17.6 Å². The van der Waals surface area contributed by atoms with Gasteiger partial charge in [-0.2, -0.15) is 0 Å². The number of aromatic hydroxyl groups is 1. The van der Waals surface area contributed by atoms with Gasteiger partial charge in [-0.15, -0.1) is 0 Å². The molecule has 1 aromatic rings. The average Bonchev–Trinajstić information content (AvgIpc) is 2.08. The lowest BCUT2D eigenvalue weighted by Crippen LogP contribution is -2.25. The molecule has 1 heteroatoms. The third-order valence-electron chi connectivity index (χ3n) is 2.10. The number of benzene rings is 1. The summed E-state index contributed by atoms with van der Waals surface area (Å²) in [4.78, 5) is 0. The molecule has 0 aromatic heterocycles. The summed E-state index contributed by atoms with van der Waals surface area (Å²) in [6, 6.07) is 5.55. The van der Waals surface area contributed by atoms with E-state index in [1.165, 1.54) is 5.22 Å². The molecule has 0 atom stereocenters. The summed E-state index contributed by atoms with van der Waals surface area (Å²) < 4.78 is 0.